The topological polar surface area (TPSA) is 32.3 Å². The number of carbonyl (C=O) groups is 1. The maximum absolute atomic E-state index is 12.4. The highest BCUT2D eigenvalue weighted by Gasteiger charge is 2.16. The van der Waals surface area contributed by atoms with Crippen molar-refractivity contribution < 1.29 is 4.79 Å². The van der Waals surface area contributed by atoms with Crippen LogP contribution < -0.4 is 5.32 Å². The van der Waals surface area contributed by atoms with Gasteiger partial charge in [-0.25, -0.2) is 0 Å². The molecule has 1 fully saturated rings. The molecule has 1 N–H and O–H groups in total. The first-order chi connectivity index (χ1) is 10.1. The lowest BCUT2D eigenvalue weighted by atomic mass is 9.98. The molecule has 0 spiro atoms. The molecule has 21 heavy (non-hydrogen) atoms. The third-order valence-electron chi connectivity index (χ3n) is 4.30. The first-order valence-electron chi connectivity index (χ1n) is 8.20. The summed E-state index contributed by atoms with van der Waals surface area (Å²) < 4.78 is 0. The average molecular weight is 288 g/mol. The van der Waals surface area contributed by atoms with Crippen molar-refractivity contribution >= 4 is 11.6 Å². The van der Waals surface area contributed by atoms with Crippen LogP contribution in [0.2, 0.25) is 0 Å². The Hall–Kier alpha value is -1.51. The predicted molar refractivity (Wildman–Crippen MR) is 88.8 cm³/mol. The largest absolute Gasteiger partial charge is 0.376 e. The smallest absolute Gasteiger partial charge is 0.241 e. The van der Waals surface area contributed by atoms with E-state index in [4.69, 9.17) is 0 Å². The summed E-state index contributed by atoms with van der Waals surface area (Å²) in [7, 11) is 0. The molecule has 0 saturated carbocycles. The Kier molecular flexibility index (Phi) is 5.66. The van der Waals surface area contributed by atoms with E-state index in [0.29, 0.717) is 12.5 Å². The molecule has 1 amide bonds. The molecule has 0 aliphatic carbocycles. The number of amides is 1. The quantitative estimate of drug-likeness (QED) is 0.910. The van der Waals surface area contributed by atoms with Crippen LogP contribution in [0.4, 0.5) is 5.69 Å². The number of carbonyl (C=O) groups excluding carboxylic acids is 1. The molecule has 0 atom stereocenters. The molecule has 3 heteroatoms. The van der Waals surface area contributed by atoms with Crippen LogP contribution in [0.25, 0.3) is 0 Å². The molecule has 1 aliphatic heterocycles. The van der Waals surface area contributed by atoms with Crippen LogP contribution in [0.5, 0.6) is 0 Å². The van der Waals surface area contributed by atoms with E-state index >= 15 is 0 Å². The number of benzene rings is 1. The lowest BCUT2D eigenvalue weighted by Crippen LogP contribution is -2.36. The summed E-state index contributed by atoms with van der Waals surface area (Å²) in [6.07, 6.45) is 4.81. The number of anilines is 1. The van der Waals surface area contributed by atoms with E-state index in [1.165, 1.54) is 24.0 Å². The number of para-hydroxylation sites is 1. The summed E-state index contributed by atoms with van der Waals surface area (Å²) in [5.74, 6) is 0.690. The van der Waals surface area contributed by atoms with Crippen molar-refractivity contribution in [2.24, 2.45) is 0 Å². The monoisotopic (exact) mass is 288 g/mol. The Morgan fingerprint density at radius 1 is 1.19 bits per heavy atom. The second kappa shape index (κ2) is 7.48. The van der Waals surface area contributed by atoms with Gasteiger partial charge >= 0.3 is 0 Å². The van der Waals surface area contributed by atoms with Crippen LogP contribution in [0, 0.1) is 6.92 Å². The highest BCUT2D eigenvalue weighted by molar-refractivity contribution is 5.81. The van der Waals surface area contributed by atoms with Crippen LogP contribution in [-0.2, 0) is 4.79 Å². The second-order valence-electron chi connectivity index (χ2n) is 6.34. The van der Waals surface area contributed by atoms with Gasteiger partial charge in [0.25, 0.3) is 0 Å². The zero-order chi connectivity index (χ0) is 15.2. The van der Waals surface area contributed by atoms with Gasteiger partial charge in [-0.1, -0.05) is 44.9 Å². The third-order valence-corrected chi connectivity index (χ3v) is 4.30. The standard InChI is InChI=1S/C18H28N2O/c1-14(2)16-10-8-9-15(3)18(16)19-13-17(21)20-11-6-4-5-7-12-20/h8-10,14,19H,4-7,11-13H2,1-3H3. The highest BCUT2D eigenvalue weighted by atomic mass is 16.2. The minimum atomic E-state index is 0.231. The molecule has 2 rings (SSSR count). The Bertz CT molecular complexity index is 474. The van der Waals surface area contributed by atoms with Crippen LogP contribution in [0.1, 0.15) is 56.6 Å². The van der Waals surface area contributed by atoms with Gasteiger partial charge in [-0.15, -0.1) is 0 Å². The molecule has 1 heterocycles. The Morgan fingerprint density at radius 2 is 1.86 bits per heavy atom. The number of hydrogen-bond donors (Lipinski definition) is 1. The molecule has 1 aromatic rings. The van der Waals surface area contributed by atoms with E-state index < -0.39 is 0 Å². The van der Waals surface area contributed by atoms with Gasteiger partial charge in [0.15, 0.2) is 0 Å². The van der Waals surface area contributed by atoms with Crippen molar-refractivity contribution in [3.05, 3.63) is 29.3 Å². The normalized spacial score (nSPS) is 15.9. The second-order valence-corrected chi connectivity index (χ2v) is 6.34. The van der Waals surface area contributed by atoms with Gasteiger partial charge in [-0.2, -0.15) is 0 Å². The van der Waals surface area contributed by atoms with Crippen molar-refractivity contribution in [1.82, 2.24) is 4.90 Å². The lowest BCUT2D eigenvalue weighted by molar-refractivity contribution is -0.129. The van der Waals surface area contributed by atoms with Crippen molar-refractivity contribution in [1.29, 1.82) is 0 Å². The minimum Gasteiger partial charge on any atom is -0.376 e. The predicted octanol–water partition coefficient (Wildman–Crippen LogP) is 3.93. The van der Waals surface area contributed by atoms with Crippen molar-refractivity contribution in [2.45, 2.75) is 52.4 Å². The summed E-state index contributed by atoms with van der Waals surface area (Å²) in [6, 6.07) is 6.34. The fraction of sp³-hybridized carbons (Fsp3) is 0.611. The van der Waals surface area contributed by atoms with E-state index in [9.17, 15) is 4.79 Å². The summed E-state index contributed by atoms with van der Waals surface area (Å²) in [6.45, 7) is 8.74. The number of aryl methyl sites for hydroxylation is 1. The molecule has 116 valence electrons. The van der Waals surface area contributed by atoms with Crippen molar-refractivity contribution in [3.8, 4) is 0 Å². The van der Waals surface area contributed by atoms with Gasteiger partial charge in [-0.3, -0.25) is 4.79 Å². The van der Waals surface area contributed by atoms with E-state index in [2.05, 4.69) is 44.3 Å². The molecule has 0 aromatic heterocycles. The average Bonchev–Trinajstić information content (AvgIpc) is 2.74. The molecule has 1 saturated heterocycles. The Labute approximate surface area is 128 Å². The number of nitrogens with one attached hydrogen (secondary N) is 1. The van der Waals surface area contributed by atoms with Crippen molar-refractivity contribution in [2.75, 3.05) is 25.0 Å². The SMILES string of the molecule is Cc1cccc(C(C)C)c1NCC(=O)N1CCCCCC1. The van der Waals surface area contributed by atoms with Crippen LogP contribution in [0.15, 0.2) is 18.2 Å². The fourth-order valence-corrected chi connectivity index (χ4v) is 3.01. The fourth-order valence-electron chi connectivity index (χ4n) is 3.01. The lowest BCUT2D eigenvalue weighted by Gasteiger charge is -2.22. The molecule has 3 nitrogen and oxygen atoms in total. The van der Waals surface area contributed by atoms with E-state index in [1.54, 1.807) is 0 Å². The maximum Gasteiger partial charge on any atom is 0.241 e. The van der Waals surface area contributed by atoms with Gasteiger partial charge in [0.2, 0.25) is 5.91 Å². The van der Waals surface area contributed by atoms with Gasteiger partial charge in [0, 0.05) is 18.8 Å². The number of rotatable bonds is 4. The molecular formula is C18H28N2O. The van der Waals surface area contributed by atoms with Gasteiger partial charge in [0.05, 0.1) is 6.54 Å². The maximum atomic E-state index is 12.4. The summed E-state index contributed by atoms with van der Waals surface area (Å²) in [5.41, 5.74) is 3.64. The van der Waals surface area contributed by atoms with E-state index in [-0.39, 0.29) is 5.91 Å². The molecule has 1 aromatic carbocycles. The summed E-state index contributed by atoms with van der Waals surface area (Å²) in [5, 5.41) is 3.39. The first kappa shape index (κ1) is 15.9. The van der Waals surface area contributed by atoms with Crippen LogP contribution in [-0.4, -0.2) is 30.4 Å². The van der Waals surface area contributed by atoms with Gasteiger partial charge in [-0.05, 0) is 36.8 Å². The minimum absolute atomic E-state index is 0.231. The molecule has 0 radical (unpaired) electrons. The molecule has 0 bridgehead atoms. The Morgan fingerprint density at radius 3 is 2.48 bits per heavy atom. The zero-order valence-electron chi connectivity index (χ0n) is 13.6. The molecule has 0 unspecified atom stereocenters. The van der Waals surface area contributed by atoms with E-state index in [0.717, 1.165) is 31.6 Å². The third kappa shape index (κ3) is 4.23. The van der Waals surface area contributed by atoms with Crippen LogP contribution in [0.3, 0.4) is 0 Å². The van der Waals surface area contributed by atoms with Crippen molar-refractivity contribution in [3.63, 3.8) is 0 Å². The summed E-state index contributed by atoms with van der Waals surface area (Å²) >= 11 is 0. The Balaban J connectivity index is 2.00. The number of nitrogens with zero attached hydrogens (tertiary/aromatic N) is 1. The van der Waals surface area contributed by atoms with Gasteiger partial charge < -0.3 is 10.2 Å². The molecule has 1 aliphatic rings. The highest BCUT2D eigenvalue weighted by Crippen LogP contribution is 2.27. The summed E-state index contributed by atoms with van der Waals surface area (Å²) in [4.78, 5) is 14.4. The number of hydrogen-bond acceptors (Lipinski definition) is 2. The van der Waals surface area contributed by atoms with Crippen LogP contribution >= 0.6 is 0 Å². The number of likely N-dealkylation sites (tertiary alicyclic amines) is 1. The zero-order valence-corrected chi connectivity index (χ0v) is 13.6. The first-order valence-corrected chi connectivity index (χ1v) is 8.20. The molecular weight excluding hydrogens is 260 g/mol. The van der Waals surface area contributed by atoms with E-state index in [1.807, 2.05) is 4.90 Å². The van der Waals surface area contributed by atoms with Gasteiger partial charge in [0.1, 0.15) is 0 Å².